The molecule has 0 bridgehead atoms. The molecule has 1 unspecified atom stereocenters. The van der Waals surface area contributed by atoms with Crippen molar-refractivity contribution in [3.8, 4) is 0 Å². The van der Waals surface area contributed by atoms with Crippen molar-refractivity contribution in [2.24, 2.45) is 5.73 Å². The number of likely N-dealkylation sites (tertiary alicyclic amines) is 1. The van der Waals surface area contributed by atoms with Gasteiger partial charge in [0.1, 0.15) is 5.60 Å². The van der Waals surface area contributed by atoms with Crippen molar-refractivity contribution in [2.75, 3.05) is 6.54 Å². The maximum absolute atomic E-state index is 11.7. The number of imide groups is 1. The first kappa shape index (κ1) is 12.0. The molecule has 0 radical (unpaired) electrons. The minimum Gasteiger partial charge on any atom is -0.443 e. The standard InChI is InChI=1S/C10H18N2O3/c1-9(2,3)15-8(14)12-6-5-10(4,11)7(12)13/h5-6,11H2,1-4H3. The molecule has 0 saturated carbocycles. The number of nitrogens with two attached hydrogens (primary N) is 1. The third-order valence-electron chi connectivity index (χ3n) is 2.20. The van der Waals surface area contributed by atoms with Gasteiger partial charge in [0.15, 0.2) is 0 Å². The largest absolute Gasteiger partial charge is 0.443 e. The van der Waals surface area contributed by atoms with Crippen LogP contribution in [0.4, 0.5) is 4.79 Å². The van der Waals surface area contributed by atoms with Gasteiger partial charge in [0, 0.05) is 6.54 Å². The third-order valence-corrected chi connectivity index (χ3v) is 2.20. The predicted octanol–water partition coefficient (Wildman–Crippen LogP) is 0.871. The van der Waals surface area contributed by atoms with Crippen LogP contribution in [0.2, 0.25) is 0 Å². The highest BCUT2D eigenvalue weighted by molar-refractivity contribution is 5.99. The van der Waals surface area contributed by atoms with E-state index >= 15 is 0 Å². The molecule has 1 atom stereocenters. The molecule has 0 spiro atoms. The lowest BCUT2D eigenvalue weighted by atomic mass is 10.0. The van der Waals surface area contributed by atoms with E-state index in [1.807, 2.05) is 0 Å². The summed E-state index contributed by atoms with van der Waals surface area (Å²) in [5.41, 5.74) is 4.19. The van der Waals surface area contributed by atoms with Gasteiger partial charge in [-0.1, -0.05) is 0 Å². The van der Waals surface area contributed by atoms with Crippen LogP contribution < -0.4 is 5.73 Å². The van der Waals surface area contributed by atoms with Gasteiger partial charge >= 0.3 is 6.09 Å². The Balaban J connectivity index is 2.68. The average Bonchev–Trinajstić information content (AvgIpc) is 2.24. The minimum absolute atomic E-state index is 0.334. The van der Waals surface area contributed by atoms with Crippen molar-refractivity contribution < 1.29 is 14.3 Å². The average molecular weight is 214 g/mol. The number of carbonyl (C=O) groups excluding carboxylic acids is 2. The Bertz CT molecular complexity index is 292. The van der Waals surface area contributed by atoms with E-state index in [4.69, 9.17) is 10.5 Å². The summed E-state index contributed by atoms with van der Waals surface area (Å²) in [6.07, 6.45) is -0.132. The van der Waals surface area contributed by atoms with Crippen LogP contribution in [0.25, 0.3) is 0 Å². The van der Waals surface area contributed by atoms with Crippen molar-refractivity contribution >= 4 is 12.0 Å². The van der Waals surface area contributed by atoms with Crippen molar-refractivity contribution in [2.45, 2.75) is 45.3 Å². The number of amides is 2. The molecular weight excluding hydrogens is 196 g/mol. The van der Waals surface area contributed by atoms with Gasteiger partial charge in [-0.15, -0.1) is 0 Å². The Kier molecular flexibility index (Phi) is 2.78. The Morgan fingerprint density at radius 3 is 2.40 bits per heavy atom. The highest BCUT2D eigenvalue weighted by Crippen LogP contribution is 2.22. The van der Waals surface area contributed by atoms with E-state index in [0.29, 0.717) is 13.0 Å². The quantitative estimate of drug-likeness (QED) is 0.649. The summed E-state index contributed by atoms with van der Waals surface area (Å²) in [4.78, 5) is 24.3. The number of carbonyl (C=O) groups is 2. The lowest BCUT2D eigenvalue weighted by Gasteiger charge is -2.24. The maximum Gasteiger partial charge on any atom is 0.417 e. The van der Waals surface area contributed by atoms with E-state index in [2.05, 4.69) is 0 Å². The molecule has 0 aliphatic carbocycles. The van der Waals surface area contributed by atoms with Gasteiger partial charge in [-0.2, -0.15) is 0 Å². The molecule has 15 heavy (non-hydrogen) atoms. The monoisotopic (exact) mass is 214 g/mol. The summed E-state index contributed by atoms with van der Waals surface area (Å²) in [6.45, 7) is 7.23. The van der Waals surface area contributed by atoms with Gasteiger partial charge in [-0.05, 0) is 34.1 Å². The smallest absolute Gasteiger partial charge is 0.417 e. The summed E-state index contributed by atoms with van der Waals surface area (Å²) < 4.78 is 5.10. The normalized spacial score (nSPS) is 27.0. The molecule has 1 saturated heterocycles. The first-order chi connectivity index (χ1) is 6.63. The molecule has 1 fully saturated rings. The van der Waals surface area contributed by atoms with E-state index in [1.54, 1.807) is 27.7 Å². The van der Waals surface area contributed by atoms with E-state index in [1.165, 1.54) is 0 Å². The van der Waals surface area contributed by atoms with Crippen LogP contribution in [0.1, 0.15) is 34.1 Å². The van der Waals surface area contributed by atoms with Crippen LogP contribution in [0.5, 0.6) is 0 Å². The fraction of sp³-hybridized carbons (Fsp3) is 0.800. The van der Waals surface area contributed by atoms with Gasteiger partial charge < -0.3 is 10.5 Å². The molecule has 2 N–H and O–H groups in total. The van der Waals surface area contributed by atoms with Gasteiger partial charge in [-0.25, -0.2) is 9.69 Å². The molecule has 0 aromatic heterocycles. The minimum atomic E-state index is -0.934. The number of rotatable bonds is 0. The lowest BCUT2D eigenvalue weighted by Crippen LogP contribution is -2.47. The number of ether oxygens (including phenoxy) is 1. The molecule has 86 valence electrons. The summed E-state index contributed by atoms with van der Waals surface area (Å²) in [7, 11) is 0. The summed E-state index contributed by atoms with van der Waals surface area (Å²) in [6, 6.07) is 0. The number of nitrogens with zero attached hydrogens (tertiary/aromatic N) is 1. The number of hydrogen-bond donors (Lipinski definition) is 1. The zero-order valence-corrected chi connectivity index (χ0v) is 9.66. The molecule has 0 aromatic carbocycles. The fourth-order valence-electron chi connectivity index (χ4n) is 1.35. The highest BCUT2D eigenvalue weighted by atomic mass is 16.6. The first-order valence-corrected chi connectivity index (χ1v) is 4.97. The van der Waals surface area contributed by atoms with Gasteiger partial charge in [0.05, 0.1) is 5.54 Å². The molecule has 1 heterocycles. The third kappa shape index (κ3) is 2.68. The van der Waals surface area contributed by atoms with E-state index < -0.39 is 17.2 Å². The van der Waals surface area contributed by atoms with Crippen LogP contribution in [0.3, 0.4) is 0 Å². The van der Waals surface area contributed by atoms with Crippen LogP contribution in [-0.4, -0.2) is 34.6 Å². The summed E-state index contributed by atoms with van der Waals surface area (Å²) in [5, 5.41) is 0. The van der Waals surface area contributed by atoms with Gasteiger partial charge in [0.2, 0.25) is 0 Å². The molecule has 5 heteroatoms. The molecule has 1 aliphatic rings. The van der Waals surface area contributed by atoms with Crippen molar-refractivity contribution in [1.29, 1.82) is 0 Å². The molecule has 2 amide bonds. The summed E-state index contributed by atoms with van der Waals surface area (Å²) in [5.74, 6) is -0.364. The van der Waals surface area contributed by atoms with Gasteiger partial charge in [0.25, 0.3) is 5.91 Å². The molecule has 1 aliphatic heterocycles. The fourth-order valence-corrected chi connectivity index (χ4v) is 1.35. The first-order valence-electron chi connectivity index (χ1n) is 4.97. The SMILES string of the molecule is CC(C)(C)OC(=O)N1CCC(C)(N)C1=O. The number of hydrogen-bond acceptors (Lipinski definition) is 4. The second kappa shape index (κ2) is 3.48. The molecule has 1 rings (SSSR count). The van der Waals surface area contributed by atoms with E-state index in [-0.39, 0.29) is 5.91 Å². The Morgan fingerprint density at radius 2 is 2.07 bits per heavy atom. The van der Waals surface area contributed by atoms with Crippen molar-refractivity contribution in [3.63, 3.8) is 0 Å². The van der Waals surface area contributed by atoms with Crippen LogP contribution in [-0.2, 0) is 9.53 Å². The Hall–Kier alpha value is -1.10. The van der Waals surface area contributed by atoms with E-state index in [0.717, 1.165) is 4.90 Å². The maximum atomic E-state index is 11.7. The molecule has 0 aromatic rings. The second-order valence-corrected chi connectivity index (χ2v) is 5.10. The van der Waals surface area contributed by atoms with Crippen LogP contribution in [0.15, 0.2) is 0 Å². The lowest BCUT2D eigenvalue weighted by molar-refractivity contribution is -0.130. The van der Waals surface area contributed by atoms with Crippen molar-refractivity contribution in [3.05, 3.63) is 0 Å². The van der Waals surface area contributed by atoms with Crippen molar-refractivity contribution in [1.82, 2.24) is 4.90 Å². The Labute approximate surface area is 89.6 Å². The van der Waals surface area contributed by atoms with Crippen LogP contribution >= 0.6 is 0 Å². The van der Waals surface area contributed by atoms with E-state index in [9.17, 15) is 9.59 Å². The predicted molar refractivity (Wildman–Crippen MR) is 55.2 cm³/mol. The zero-order chi connectivity index (χ0) is 11.9. The highest BCUT2D eigenvalue weighted by Gasteiger charge is 2.43. The second-order valence-electron chi connectivity index (χ2n) is 5.10. The molecule has 5 nitrogen and oxygen atoms in total. The van der Waals surface area contributed by atoms with Gasteiger partial charge in [-0.3, -0.25) is 4.79 Å². The summed E-state index contributed by atoms with van der Waals surface area (Å²) >= 11 is 0. The Morgan fingerprint density at radius 1 is 1.53 bits per heavy atom. The zero-order valence-electron chi connectivity index (χ0n) is 9.66. The van der Waals surface area contributed by atoms with Crippen LogP contribution in [0, 0.1) is 0 Å². The topological polar surface area (TPSA) is 72.6 Å². The molecular formula is C10H18N2O3.